The van der Waals surface area contributed by atoms with Crippen LogP contribution in [0.4, 0.5) is 17.6 Å². The number of nitrogens with one attached hydrogen (secondary N) is 2. The average molecular weight is 454 g/mol. The molecule has 1 aliphatic heterocycles. The highest BCUT2D eigenvalue weighted by Crippen LogP contribution is 2.33. The van der Waals surface area contributed by atoms with Crippen LogP contribution in [0.3, 0.4) is 0 Å². The van der Waals surface area contributed by atoms with Gasteiger partial charge in [0.25, 0.3) is 0 Å². The van der Waals surface area contributed by atoms with Crippen molar-refractivity contribution in [2.75, 3.05) is 36.5 Å². The van der Waals surface area contributed by atoms with Gasteiger partial charge in [0.05, 0.1) is 18.9 Å². The van der Waals surface area contributed by atoms with Crippen molar-refractivity contribution < 1.29 is 9.15 Å². The molecule has 9 nitrogen and oxygen atoms in total. The van der Waals surface area contributed by atoms with Gasteiger partial charge in [-0.15, -0.1) is 0 Å². The topological polar surface area (TPSA) is 105 Å². The van der Waals surface area contributed by atoms with Gasteiger partial charge in [-0.05, 0) is 19.1 Å². The molecule has 0 radical (unpaired) electrons. The van der Waals surface area contributed by atoms with Crippen molar-refractivity contribution in [2.45, 2.75) is 6.92 Å². The Hall–Kier alpha value is -4.24. The van der Waals surface area contributed by atoms with Gasteiger partial charge in [-0.2, -0.15) is 10.1 Å². The van der Waals surface area contributed by atoms with Crippen LogP contribution >= 0.6 is 0 Å². The molecule has 5 heterocycles. The lowest BCUT2D eigenvalue weighted by molar-refractivity contribution is 0.122. The van der Waals surface area contributed by atoms with E-state index in [-0.39, 0.29) is 0 Å². The van der Waals surface area contributed by atoms with Crippen LogP contribution in [0.15, 0.2) is 65.3 Å². The van der Waals surface area contributed by atoms with Crippen LogP contribution in [-0.4, -0.2) is 51.5 Å². The summed E-state index contributed by atoms with van der Waals surface area (Å²) in [7, 11) is 0. The fourth-order valence-corrected chi connectivity index (χ4v) is 4.00. The van der Waals surface area contributed by atoms with E-state index in [4.69, 9.17) is 19.1 Å². The third kappa shape index (κ3) is 3.97. The average Bonchev–Trinajstić information content (AvgIpc) is 3.52. The summed E-state index contributed by atoms with van der Waals surface area (Å²) >= 11 is 0. The molecule has 9 heteroatoms. The molecule has 2 N–H and O–H groups in total. The van der Waals surface area contributed by atoms with Gasteiger partial charge >= 0.3 is 0 Å². The van der Waals surface area contributed by atoms with Gasteiger partial charge in [0.1, 0.15) is 17.1 Å². The first-order valence-electron chi connectivity index (χ1n) is 11.2. The first-order valence-corrected chi connectivity index (χ1v) is 11.2. The van der Waals surface area contributed by atoms with E-state index >= 15 is 0 Å². The van der Waals surface area contributed by atoms with Gasteiger partial charge < -0.3 is 19.4 Å². The molecule has 1 saturated heterocycles. The number of furan rings is 1. The van der Waals surface area contributed by atoms with Crippen molar-refractivity contribution in [1.29, 1.82) is 0 Å². The Labute approximate surface area is 195 Å². The van der Waals surface area contributed by atoms with Crippen molar-refractivity contribution in [3.8, 4) is 22.6 Å². The molecule has 1 aromatic carbocycles. The highest BCUT2D eigenvalue weighted by Gasteiger charge is 2.21. The molecule has 5 aromatic rings. The number of hydrogen-bond acceptors (Lipinski definition) is 8. The monoisotopic (exact) mass is 453 g/mol. The van der Waals surface area contributed by atoms with Crippen LogP contribution in [0.1, 0.15) is 5.56 Å². The number of aryl methyl sites for hydroxylation is 1. The molecule has 4 aromatic heterocycles. The molecular weight excluding hydrogens is 430 g/mol. The van der Waals surface area contributed by atoms with E-state index in [1.54, 1.807) is 12.4 Å². The number of aromatic amines is 1. The van der Waals surface area contributed by atoms with Crippen molar-refractivity contribution in [1.82, 2.24) is 25.1 Å². The number of hydrogen-bond donors (Lipinski definition) is 2. The van der Waals surface area contributed by atoms with E-state index < -0.39 is 0 Å². The van der Waals surface area contributed by atoms with Crippen LogP contribution in [0, 0.1) is 6.92 Å². The number of anilines is 3. The molecule has 0 atom stereocenters. The van der Waals surface area contributed by atoms with E-state index in [1.165, 1.54) is 5.56 Å². The van der Waals surface area contributed by atoms with Crippen molar-refractivity contribution in [3.63, 3.8) is 0 Å². The smallest absolute Gasteiger partial charge is 0.231 e. The van der Waals surface area contributed by atoms with E-state index in [0.717, 1.165) is 47.0 Å². The second-order valence-corrected chi connectivity index (χ2v) is 8.19. The Morgan fingerprint density at radius 1 is 0.941 bits per heavy atom. The number of fused-ring (bicyclic) bond motifs is 1. The second kappa shape index (κ2) is 8.60. The minimum atomic E-state index is 0.468. The summed E-state index contributed by atoms with van der Waals surface area (Å²) in [5, 5.41) is 10.8. The molecule has 0 bridgehead atoms. The maximum atomic E-state index is 6.23. The summed E-state index contributed by atoms with van der Waals surface area (Å²) in [6, 6.07) is 16.0. The Morgan fingerprint density at radius 3 is 2.53 bits per heavy atom. The first kappa shape index (κ1) is 20.4. The molecule has 170 valence electrons. The van der Waals surface area contributed by atoms with Crippen molar-refractivity contribution in [2.24, 2.45) is 0 Å². The predicted molar refractivity (Wildman–Crippen MR) is 130 cm³/mol. The maximum Gasteiger partial charge on any atom is 0.231 e. The van der Waals surface area contributed by atoms with E-state index in [2.05, 4.69) is 56.6 Å². The van der Waals surface area contributed by atoms with E-state index in [0.29, 0.717) is 30.6 Å². The Balaban J connectivity index is 1.37. The first-order chi connectivity index (χ1) is 16.7. The second-order valence-electron chi connectivity index (χ2n) is 8.19. The van der Waals surface area contributed by atoms with E-state index in [9.17, 15) is 0 Å². The normalized spacial score (nSPS) is 14.0. The number of ether oxygens (including phenoxy) is 1. The van der Waals surface area contributed by atoms with Crippen LogP contribution in [0.25, 0.3) is 33.7 Å². The number of rotatable bonds is 5. The zero-order chi connectivity index (χ0) is 22.9. The number of nitrogens with zero attached hydrogens (tertiary/aromatic N) is 5. The minimum absolute atomic E-state index is 0.468. The molecule has 0 spiro atoms. The summed E-state index contributed by atoms with van der Waals surface area (Å²) in [5.74, 6) is 2.65. The fourth-order valence-electron chi connectivity index (χ4n) is 4.00. The highest BCUT2D eigenvalue weighted by molar-refractivity contribution is 5.89. The van der Waals surface area contributed by atoms with Crippen molar-refractivity contribution >= 4 is 28.7 Å². The van der Waals surface area contributed by atoms with Crippen LogP contribution in [0.5, 0.6) is 0 Å². The summed E-state index contributed by atoms with van der Waals surface area (Å²) in [4.78, 5) is 15.8. The molecule has 1 aliphatic rings. The van der Waals surface area contributed by atoms with Gasteiger partial charge in [-0.1, -0.05) is 29.8 Å². The Morgan fingerprint density at radius 2 is 1.74 bits per heavy atom. The Bertz CT molecular complexity index is 1420. The van der Waals surface area contributed by atoms with Gasteiger partial charge in [-0.3, -0.25) is 10.1 Å². The summed E-state index contributed by atoms with van der Waals surface area (Å²) in [5.41, 5.74) is 5.42. The molecular formula is C25H23N7O2. The van der Waals surface area contributed by atoms with Crippen molar-refractivity contribution in [3.05, 3.63) is 66.5 Å². The molecule has 0 saturated carbocycles. The third-order valence-electron chi connectivity index (χ3n) is 5.80. The lowest BCUT2D eigenvalue weighted by atomic mass is 10.1. The van der Waals surface area contributed by atoms with Crippen LogP contribution < -0.4 is 10.2 Å². The molecule has 0 unspecified atom stereocenters. The standard InChI is InChI=1S/C25H23N7O2/c1-16-2-4-17(5-3-16)19-15-22(31-30-19)28-25-27-20-14-21(18-6-8-26-9-7-18)34-23(20)24(29-25)32-10-12-33-13-11-32/h2-9,14-15H,10-13H2,1H3,(H2,27,28,29,30,31). The zero-order valence-corrected chi connectivity index (χ0v) is 18.7. The molecule has 1 fully saturated rings. The number of pyridine rings is 1. The molecule has 0 aliphatic carbocycles. The van der Waals surface area contributed by atoms with E-state index in [1.807, 2.05) is 24.3 Å². The maximum absolute atomic E-state index is 6.23. The number of H-pyrrole nitrogens is 1. The van der Waals surface area contributed by atoms with Gasteiger partial charge in [0.2, 0.25) is 5.95 Å². The van der Waals surface area contributed by atoms with Gasteiger partial charge in [-0.25, -0.2) is 4.98 Å². The largest absolute Gasteiger partial charge is 0.450 e. The summed E-state index contributed by atoms with van der Waals surface area (Å²) in [6.07, 6.45) is 3.49. The lowest BCUT2D eigenvalue weighted by Crippen LogP contribution is -2.37. The quantitative estimate of drug-likeness (QED) is 0.399. The SMILES string of the molecule is Cc1ccc(-c2cc(Nc3nc(N4CCOCC4)c4oc(-c5ccncc5)cc4n3)[nH]n2)cc1. The van der Waals surface area contributed by atoms with Crippen LogP contribution in [0.2, 0.25) is 0 Å². The summed E-state index contributed by atoms with van der Waals surface area (Å²) in [6.45, 7) is 4.83. The summed E-state index contributed by atoms with van der Waals surface area (Å²) < 4.78 is 11.8. The zero-order valence-electron chi connectivity index (χ0n) is 18.7. The number of aromatic nitrogens is 5. The number of morpholine rings is 1. The molecule has 6 rings (SSSR count). The minimum Gasteiger partial charge on any atom is -0.450 e. The van der Waals surface area contributed by atoms with Gasteiger partial charge in [0.15, 0.2) is 11.4 Å². The lowest BCUT2D eigenvalue weighted by Gasteiger charge is -2.27. The predicted octanol–water partition coefficient (Wildman–Crippen LogP) is 4.56. The Kier molecular flexibility index (Phi) is 5.15. The van der Waals surface area contributed by atoms with Gasteiger partial charge in [0, 0.05) is 48.7 Å². The van der Waals surface area contributed by atoms with Crippen LogP contribution in [-0.2, 0) is 4.74 Å². The molecule has 0 amide bonds. The fraction of sp³-hybridized carbons (Fsp3) is 0.200. The number of benzene rings is 1. The molecule has 34 heavy (non-hydrogen) atoms. The third-order valence-corrected chi connectivity index (χ3v) is 5.80. The highest BCUT2D eigenvalue weighted by atomic mass is 16.5.